The number of hydrogen-bond donors (Lipinski definition) is 0. The molecule has 140 valence electrons. The summed E-state index contributed by atoms with van der Waals surface area (Å²) in [6, 6.07) is 33.5. The van der Waals surface area contributed by atoms with Crippen molar-refractivity contribution in [3.63, 3.8) is 0 Å². The van der Waals surface area contributed by atoms with Gasteiger partial charge < -0.3 is 0 Å². The van der Waals surface area contributed by atoms with Gasteiger partial charge in [0.15, 0.2) is 0 Å². The fraction of sp³-hybridized carbons (Fsp3) is 0.200. The Hall–Kier alpha value is -1.44. The molecule has 0 N–H and O–H groups in total. The van der Waals surface area contributed by atoms with Crippen molar-refractivity contribution in [1.82, 2.24) is 0 Å². The van der Waals surface area contributed by atoms with Gasteiger partial charge in [0.05, 0.1) is 0 Å². The van der Waals surface area contributed by atoms with Gasteiger partial charge in [-0.15, -0.1) is 0 Å². The first-order valence-electron chi connectivity index (χ1n) is 9.75. The average molecular weight is 486 g/mol. The summed E-state index contributed by atoms with van der Waals surface area (Å²) in [5.74, 6) is 0. The molecular formula is C25H28IP. The van der Waals surface area contributed by atoms with Crippen LogP contribution in [-0.4, -0.2) is 6.16 Å². The second kappa shape index (κ2) is 9.17. The fourth-order valence-corrected chi connectivity index (χ4v) is 12.2. The van der Waals surface area contributed by atoms with Gasteiger partial charge in [-0.2, -0.15) is 0 Å². The van der Waals surface area contributed by atoms with E-state index in [1.807, 2.05) is 0 Å². The standard InChI is InChI=1S/C25H28IP/c1-2-3-4-5-15-22-27(26,23-16-9-6-10-17-23,24-18-11-7-12-19-24)25-20-13-8-14-21-25/h4-14,16-21H,2-3,15,22H2,1H3/b5-4-. The summed E-state index contributed by atoms with van der Waals surface area (Å²) in [5.41, 5.74) is 0. The van der Waals surface area contributed by atoms with Gasteiger partial charge in [-0.25, -0.2) is 0 Å². The molecule has 0 heterocycles. The molecule has 3 aromatic rings. The zero-order chi connectivity index (χ0) is 19.0. The van der Waals surface area contributed by atoms with Crippen LogP contribution in [-0.2, 0) is 0 Å². The number of rotatable bonds is 8. The molecule has 0 saturated carbocycles. The van der Waals surface area contributed by atoms with Crippen molar-refractivity contribution in [2.24, 2.45) is 0 Å². The quantitative estimate of drug-likeness (QED) is 0.191. The Morgan fingerprint density at radius 3 is 1.37 bits per heavy atom. The first kappa shape index (κ1) is 20.3. The van der Waals surface area contributed by atoms with Crippen LogP contribution < -0.4 is 15.9 Å². The topological polar surface area (TPSA) is 0 Å². The van der Waals surface area contributed by atoms with Crippen LogP contribution in [0.15, 0.2) is 103 Å². The number of benzene rings is 3. The number of allylic oxidation sites excluding steroid dienone is 2. The first-order chi connectivity index (χ1) is 13.2. The van der Waals surface area contributed by atoms with Crippen LogP contribution in [0.25, 0.3) is 0 Å². The molecule has 0 nitrogen and oxygen atoms in total. The fourth-order valence-electron chi connectivity index (χ4n) is 3.77. The van der Waals surface area contributed by atoms with Gasteiger partial charge in [0.2, 0.25) is 0 Å². The third kappa shape index (κ3) is 4.05. The van der Waals surface area contributed by atoms with Crippen LogP contribution >= 0.6 is 26.3 Å². The summed E-state index contributed by atoms with van der Waals surface area (Å²) in [7, 11) is 0. The summed E-state index contributed by atoms with van der Waals surface area (Å²) in [4.78, 5) is 0. The van der Waals surface area contributed by atoms with E-state index in [4.69, 9.17) is 0 Å². The maximum absolute atomic E-state index is 2.86. The molecule has 2 heteroatoms. The number of unbranched alkanes of at least 4 members (excludes halogenated alkanes) is 1. The summed E-state index contributed by atoms with van der Waals surface area (Å²) >= 11 is 2.86. The summed E-state index contributed by atoms with van der Waals surface area (Å²) in [6.07, 6.45) is 9.35. The van der Waals surface area contributed by atoms with E-state index in [2.05, 4.69) is 132 Å². The maximum atomic E-state index is 2.86. The van der Waals surface area contributed by atoms with Crippen molar-refractivity contribution in [1.29, 1.82) is 0 Å². The Bertz CT molecular complexity index is 757. The zero-order valence-corrected chi connectivity index (χ0v) is 19.0. The molecule has 0 unspecified atom stereocenters. The summed E-state index contributed by atoms with van der Waals surface area (Å²) in [6.45, 7) is 2.24. The molecule has 0 atom stereocenters. The van der Waals surface area contributed by atoms with Crippen LogP contribution in [0.2, 0.25) is 0 Å². The monoisotopic (exact) mass is 486 g/mol. The normalized spacial score (nSPS) is 13.3. The van der Waals surface area contributed by atoms with E-state index in [-0.39, 0.29) is 0 Å². The molecule has 0 aromatic heterocycles. The van der Waals surface area contributed by atoms with Gasteiger partial charge in [-0.3, -0.25) is 0 Å². The summed E-state index contributed by atoms with van der Waals surface area (Å²) in [5, 5.41) is 4.39. The van der Waals surface area contributed by atoms with E-state index < -0.39 is 4.25 Å². The molecule has 0 bridgehead atoms. The molecular weight excluding hydrogens is 458 g/mol. The van der Waals surface area contributed by atoms with Crippen molar-refractivity contribution in [3.8, 4) is 0 Å². The molecule has 0 radical (unpaired) electrons. The van der Waals surface area contributed by atoms with Crippen LogP contribution in [0, 0.1) is 0 Å². The third-order valence-electron chi connectivity index (χ3n) is 5.22. The molecule has 3 aromatic carbocycles. The van der Waals surface area contributed by atoms with Gasteiger partial charge in [0.25, 0.3) is 0 Å². The predicted molar refractivity (Wildman–Crippen MR) is 133 cm³/mol. The van der Waals surface area contributed by atoms with Crippen molar-refractivity contribution in [2.45, 2.75) is 26.2 Å². The number of hydrogen-bond acceptors (Lipinski definition) is 0. The van der Waals surface area contributed by atoms with E-state index in [0.29, 0.717) is 0 Å². The predicted octanol–water partition coefficient (Wildman–Crippen LogP) is 6.61. The third-order valence-corrected chi connectivity index (χ3v) is 16.9. The van der Waals surface area contributed by atoms with Crippen molar-refractivity contribution in [3.05, 3.63) is 103 Å². The van der Waals surface area contributed by atoms with Crippen LogP contribution in [0.1, 0.15) is 26.2 Å². The molecule has 0 fully saturated rings. The Morgan fingerprint density at radius 1 is 0.630 bits per heavy atom. The molecule has 0 aliphatic heterocycles. The SMILES string of the molecule is CCC/C=C\CCP(I)(c1ccccc1)(c1ccccc1)c1ccccc1. The van der Waals surface area contributed by atoms with Crippen molar-refractivity contribution in [2.75, 3.05) is 6.16 Å². The Balaban J connectivity index is 2.22. The average Bonchev–Trinajstić information content (AvgIpc) is 2.75. The van der Waals surface area contributed by atoms with Crippen LogP contribution in [0.5, 0.6) is 0 Å². The van der Waals surface area contributed by atoms with Gasteiger partial charge in [0.1, 0.15) is 0 Å². The minimum absolute atomic E-state index is 1.10. The van der Waals surface area contributed by atoms with Gasteiger partial charge in [0, 0.05) is 0 Å². The van der Waals surface area contributed by atoms with E-state index in [9.17, 15) is 0 Å². The Morgan fingerprint density at radius 2 is 1.00 bits per heavy atom. The Labute approximate surface area is 177 Å². The van der Waals surface area contributed by atoms with Crippen molar-refractivity contribution >= 4 is 42.2 Å². The zero-order valence-electron chi connectivity index (χ0n) is 16.0. The minimum atomic E-state index is -2.58. The van der Waals surface area contributed by atoms with E-state index in [1.54, 1.807) is 0 Å². The molecule has 0 amide bonds. The van der Waals surface area contributed by atoms with Gasteiger partial charge in [-0.1, -0.05) is 0 Å². The van der Waals surface area contributed by atoms with E-state index in [1.165, 1.54) is 28.8 Å². The molecule has 0 saturated heterocycles. The second-order valence-electron chi connectivity index (χ2n) is 6.96. The molecule has 0 aliphatic rings. The van der Waals surface area contributed by atoms with E-state index in [0.717, 1.165) is 12.6 Å². The molecule has 0 spiro atoms. The van der Waals surface area contributed by atoms with Crippen LogP contribution in [0.4, 0.5) is 0 Å². The van der Waals surface area contributed by atoms with Crippen molar-refractivity contribution < 1.29 is 0 Å². The second-order valence-corrected chi connectivity index (χ2v) is 17.7. The molecule has 0 aliphatic carbocycles. The Kier molecular flexibility index (Phi) is 6.89. The van der Waals surface area contributed by atoms with E-state index >= 15 is 0 Å². The van der Waals surface area contributed by atoms with Crippen LogP contribution in [0.3, 0.4) is 0 Å². The van der Waals surface area contributed by atoms with Gasteiger partial charge in [-0.05, 0) is 0 Å². The van der Waals surface area contributed by atoms with Gasteiger partial charge >= 0.3 is 178 Å². The summed E-state index contributed by atoms with van der Waals surface area (Å²) < 4.78 is -2.58. The number of halogens is 1. The first-order valence-corrected chi connectivity index (χ1v) is 15.0. The molecule has 27 heavy (non-hydrogen) atoms. The molecule has 3 rings (SSSR count).